The van der Waals surface area contributed by atoms with Crippen LogP contribution < -0.4 is 10.6 Å². The summed E-state index contributed by atoms with van der Waals surface area (Å²) in [7, 11) is 1.74. The molecule has 0 aliphatic carbocycles. The molecule has 0 amide bonds. The van der Waals surface area contributed by atoms with Crippen molar-refractivity contribution in [3.8, 4) is 0 Å². The monoisotopic (exact) mass is 372 g/mol. The highest BCUT2D eigenvalue weighted by Crippen LogP contribution is 2.12. The zero-order valence-electron chi connectivity index (χ0n) is 12.7. The lowest BCUT2D eigenvalue weighted by molar-refractivity contribution is 0.786. The van der Waals surface area contributed by atoms with Gasteiger partial charge >= 0.3 is 0 Å². The average molecular weight is 373 g/mol. The van der Waals surface area contributed by atoms with E-state index in [1.165, 1.54) is 0 Å². The summed E-state index contributed by atoms with van der Waals surface area (Å²) in [6, 6.07) is 9.79. The van der Waals surface area contributed by atoms with Gasteiger partial charge in [0.15, 0.2) is 5.96 Å². The number of aromatic nitrogens is 3. The first-order valence-electron chi connectivity index (χ1n) is 7.22. The number of hydrogen-bond donors (Lipinski definition) is 2. The lowest BCUT2D eigenvalue weighted by Crippen LogP contribution is -2.36. The Morgan fingerprint density at radius 1 is 1.13 bits per heavy atom. The molecule has 7 heteroatoms. The number of halogens is 1. The number of aliphatic imine (C=N–C) groups is 1. The van der Waals surface area contributed by atoms with Crippen LogP contribution in [0.2, 0.25) is 0 Å². The Bertz CT molecular complexity index is 812. The Labute approximate surface area is 142 Å². The number of fused-ring (bicyclic) bond motifs is 1. The third kappa shape index (κ3) is 4.07. The number of nitrogens with one attached hydrogen (secondary N) is 2. The quantitative estimate of drug-likeness (QED) is 0.544. The number of nitrogens with zero attached hydrogens (tertiary/aromatic N) is 4. The fourth-order valence-electron chi connectivity index (χ4n) is 2.17. The van der Waals surface area contributed by atoms with Gasteiger partial charge in [0.05, 0.1) is 24.5 Å². The van der Waals surface area contributed by atoms with Crippen LogP contribution in [0.25, 0.3) is 5.65 Å². The third-order valence-electron chi connectivity index (χ3n) is 3.29. The summed E-state index contributed by atoms with van der Waals surface area (Å²) in [6.07, 6.45) is 5.76. The molecule has 23 heavy (non-hydrogen) atoms. The molecule has 0 saturated carbocycles. The molecule has 3 aromatic heterocycles. The van der Waals surface area contributed by atoms with Crippen molar-refractivity contribution in [2.45, 2.75) is 13.1 Å². The maximum absolute atomic E-state index is 4.56. The molecule has 0 spiro atoms. The number of imidazole rings is 1. The highest BCUT2D eigenvalue weighted by molar-refractivity contribution is 9.10. The molecule has 6 nitrogen and oxygen atoms in total. The highest BCUT2D eigenvalue weighted by Gasteiger charge is 2.04. The van der Waals surface area contributed by atoms with E-state index in [-0.39, 0.29) is 0 Å². The van der Waals surface area contributed by atoms with Crippen LogP contribution in [0.3, 0.4) is 0 Å². The van der Waals surface area contributed by atoms with Crippen molar-refractivity contribution in [3.63, 3.8) is 0 Å². The first-order chi connectivity index (χ1) is 11.2. The van der Waals surface area contributed by atoms with Crippen molar-refractivity contribution in [2.24, 2.45) is 4.99 Å². The molecule has 0 aliphatic heterocycles. The molecule has 0 aliphatic rings. The van der Waals surface area contributed by atoms with Gasteiger partial charge in [-0.2, -0.15) is 0 Å². The molecule has 2 N–H and O–H groups in total. The molecule has 3 rings (SSSR count). The van der Waals surface area contributed by atoms with E-state index in [1.54, 1.807) is 13.2 Å². The standard InChI is InChI=1S/C16H17BrN6/c1-18-16(20-8-13-4-2-3-7-19-13)21-9-14-11-23-10-12(17)5-6-15(23)22-14/h2-7,10-11H,8-9H2,1H3,(H2,18,20,21). The normalized spacial score (nSPS) is 11.7. The third-order valence-corrected chi connectivity index (χ3v) is 3.76. The Kier molecular flexibility index (Phi) is 4.87. The number of rotatable bonds is 4. The van der Waals surface area contributed by atoms with Crippen LogP contribution in [-0.2, 0) is 13.1 Å². The van der Waals surface area contributed by atoms with Crippen LogP contribution in [-0.4, -0.2) is 27.4 Å². The van der Waals surface area contributed by atoms with E-state index in [0.29, 0.717) is 19.0 Å². The van der Waals surface area contributed by atoms with Gasteiger partial charge < -0.3 is 15.0 Å². The topological polar surface area (TPSA) is 66.6 Å². The maximum atomic E-state index is 4.56. The summed E-state index contributed by atoms with van der Waals surface area (Å²) in [5.74, 6) is 0.717. The zero-order valence-corrected chi connectivity index (χ0v) is 14.3. The molecule has 0 aromatic carbocycles. The number of guanidine groups is 1. The molecule has 0 atom stereocenters. The van der Waals surface area contributed by atoms with E-state index in [9.17, 15) is 0 Å². The van der Waals surface area contributed by atoms with Crippen molar-refractivity contribution in [3.05, 3.63) is 64.8 Å². The summed E-state index contributed by atoms with van der Waals surface area (Å²) >= 11 is 3.46. The Balaban J connectivity index is 1.58. The van der Waals surface area contributed by atoms with Crippen LogP contribution in [0.1, 0.15) is 11.4 Å². The summed E-state index contributed by atoms with van der Waals surface area (Å²) in [5, 5.41) is 6.49. The molecule has 3 heterocycles. The van der Waals surface area contributed by atoms with Gasteiger partial charge in [-0.05, 0) is 40.2 Å². The minimum atomic E-state index is 0.598. The van der Waals surface area contributed by atoms with Crippen molar-refractivity contribution in [1.29, 1.82) is 0 Å². The molecule has 118 valence electrons. The second-order valence-corrected chi connectivity index (χ2v) is 5.86. The van der Waals surface area contributed by atoms with E-state index in [4.69, 9.17) is 0 Å². The van der Waals surface area contributed by atoms with Crippen LogP contribution in [0.15, 0.2) is 58.4 Å². The first kappa shape index (κ1) is 15.5. The van der Waals surface area contributed by atoms with Gasteiger partial charge in [-0.25, -0.2) is 4.98 Å². The minimum absolute atomic E-state index is 0.598. The minimum Gasteiger partial charge on any atom is -0.351 e. The molecular weight excluding hydrogens is 356 g/mol. The summed E-state index contributed by atoms with van der Waals surface area (Å²) in [5.41, 5.74) is 2.83. The average Bonchev–Trinajstić information content (AvgIpc) is 2.98. The molecule has 0 radical (unpaired) electrons. The van der Waals surface area contributed by atoms with Crippen LogP contribution >= 0.6 is 15.9 Å². The van der Waals surface area contributed by atoms with E-state index in [2.05, 4.69) is 41.5 Å². The Morgan fingerprint density at radius 3 is 2.70 bits per heavy atom. The lowest BCUT2D eigenvalue weighted by atomic mass is 10.3. The Morgan fingerprint density at radius 2 is 1.96 bits per heavy atom. The smallest absolute Gasteiger partial charge is 0.191 e. The second kappa shape index (κ2) is 7.23. The molecule has 0 fully saturated rings. The SMILES string of the molecule is CN=C(NCc1ccccn1)NCc1cn2cc(Br)ccc2n1. The van der Waals surface area contributed by atoms with Gasteiger partial charge in [0.2, 0.25) is 0 Å². The first-order valence-corrected chi connectivity index (χ1v) is 8.01. The largest absolute Gasteiger partial charge is 0.351 e. The predicted molar refractivity (Wildman–Crippen MR) is 94.2 cm³/mol. The molecule has 0 unspecified atom stereocenters. The Hall–Kier alpha value is -2.41. The van der Waals surface area contributed by atoms with Gasteiger partial charge in [-0.3, -0.25) is 9.98 Å². The number of pyridine rings is 2. The maximum Gasteiger partial charge on any atom is 0.191 e. The summed E-state index contributed by atoms with van der Waals surface area (Å²) in [4.78, 5) is 13.0. The predicted octanol–water partition coefficient (Wildman–Crippen LogP) is 2.36. The van der Waals surface area contributed by atoms with Crippen molar-refractivity contribution in [2.75, 3.05) is 7.05 Å². The number of hydrogen-bond acceptors (Lipinski definition) is 3. The highest BCUT2D eigenvalue weighted by atomic mass is 79.9. The molecule has 0 saturated heterocycles. The molecular formula is C16H17BrN6. The van der Waals surface area contributed by atoms with Crippen molar-refractivity contribution in [1.82, 2.24) is 25.0 Å². The van der Waals surface area contributed by atoms with Crippen LogP contribution in [0.4, 0.5) is 0 Å². The van der Waals surface area contributed by atoms with Gasteiger partial charge in [0, 0.05) is 30.1 Å². The molecule has 0 bridgehead atoms. The summed E-state index contributed by atoms with van der Waals surface area (Å²) in [6.45, 7) is 1.22. The van der Waals surface area contributed by atoms with E-state index < -0.39 is 0 Å². The van der Waals surface area contributed by atoms with E-state index in [1.807, 2.05) is 47.1 Å². The van der Waals surface area contributed by atoms with Gasteiger partial charge in [-0.15, -0.1) is 0 Å². The van der Waals surface area contributed by atoms with Crippen LogP contribution in [0.5, 0.6) is 0 Å². The second-order valence-electron chi connectivity index (χ2n) is 4.95. The van der Waals surface area contributed by atoms with Gasteiger partial charge in [-0.1, -0.05) is 6.07 Å². The van der Waals surface area contributed by atoms with Crippen LogP contribution in [0, 0.1) is 0 Å². The van der Waals surface area contributed by atoms with Crippen molar-refractivity contribution >= 4 is 27.5 Å². The lowest BCUT2D eigenvalue weighted by Gasteiger charge is -2.10. The fourth-order valence-corrected chi connectivity index (χ4v) is 2.53. The van der Waals surface area contributed by atoms with E-state index in [0.717, 1.165) is 21.5 Å². The zero-order chi connectivity index (χ0) is 16.1. The molecule has 3 aromatic rings. The van der Waals surface area contributed by atoms with E-state index >= 15 is 0 Å². The summed E-state index contributed by atoms with van der Waals surface area (Å²) < 4.78 is 3.01. The fraction of sp³-hybridized carbons (Fsp3) is 0.188. The van der Waals surface area contributed by atoms with Gasteiger partial charge in [0.1, 0.15) is 5.65 Å². The van der Waals surface area contributed by atoms with Crippen molar-refractivity contribution < 1.29 is 0 Å². The van der Waals surface area contributed by atoms with Gasteiger partial charge in [0.25, 0.3) is 0 Å².